The molecule has 1 aromatic heterocycles. The highest BCUT2D eigenvalue weighted by atomic mass is 16.3. The summed E-state index contributed by atoms with van der Waals surface area (Å²) in [5.74, 6) is 2.44. The Bertz CT molecular complexity index is 727. The van der Waals surface area contributed by atoms with Crippen molar-refractivity contribution in [3.8, 4) is 0 Å². The molecule has 0 radical (unpaired) electrons. The predicted molar refractivity (Wildman–Crippen MR) is 105 cm³/mol. The van der Waals surface area contributed by atoms with Crippen molar-refractivity contribution >= 4 is 11.7 Å². The maximum Gasteiger partial charge on any atom is 0.270 e. The van der Waals surface area contributed by atoms with Crippen LogP contribution in [0.15, 0.2) is 12.1 Å². The molecule has 0 spiro atoms. The molecule has 5 nitrogen and oxygen atoms in total. The summed E-state index contributed by atoms with van der Waals surface area (Å²) in [6.45, 7) is 4.15. The van der Waals surface area contributed by atoms with Gasteiger partial charge in [-0.05, 0) is 87.7 Å². The standard InChI is InChI=1S/C22H31N3O2/c1-14-5-6-18(23-20(14)25-7-3-2-4-8-25)21(26)24-19-16-9-15-10-17(19)13-22(27,11-15)12-16/h5-6,15-17,19,27H,2-4,7-13H2,1H3,(H,24,26)/t15?,16?,17?,19-,22-. The summed E-state index contributed by atoms with van der Waals surface area (Å²) < 4.78 is 0. The number of carbonyl (C=O) groups is 1. The zero-order valence-electron chi connectivity index (χ0n) is 16.3. The van der Waals surface area contributed by atoms with E-state index in [9.17, 15) is 9.90 Å². The van der Waals surface area contributed by atoms with Crippen LogP contribution < -0.4 is 10.2 Å². The molecule has 1 saturated heterocycles. The van der Waals surface area contributed by atoms with Gasteiger partial charge in [-0.2, -0.15) is 0 Å². The maximum atomic E-state index is 13.0. The van der Waals surface area contributed by atoms with Gasteiger partial charge < -0.3 is 15.3 Å². The Hall–Kier alpha value is -1.62. The average molecular weight is 370 g/mol. The van der Waals surface area contributed by atoms with E-state index in [1.165, 1.54) is 19.3 Å². The highest BCUT2D eigenvalue weighted by molar-refractivity contribution is 5.93. The van der Waals surface area contributed by atoms with E-state index in [0.29, 0.717) is 23.4 Å². The van der Waals surface area contributed by atoms with E-state index >= 15 is 0 Å². The Morgan fingerprint density at radius 2 is 1.85 bits per heavy atom. The van der Waals surface area contributed by atoms with Crippen molar-refractivity contribution in [3.63, 3.8) is 0 Å². The summed E-state index contributed by atoms with van der Waals surface area (Å²) in [5.41, 5.74) is 1.22. The zero-order chi connectivity index (χ0) is 18.6. The first-order chi connectivity index (χ1) is 13.0. The lowest BCUT2D eigenvalue weighted by molar-refractivity contribution is -0.136. The minimum atomic E-state index is -0.457. The SMILES string of the molecule is Cc1ccc(C(=O)N[C@H]2C3CC4CC2C[C@](O)(C4)C3)nc1N1CCCCC1. The number of hydrogen-bond donors (Lipinski definition) is 2. The molecule has 0 aromatic carbocycles. The van der Waals surface area contributed by atoms with Crippen LogP contribution in [-0.2, 0) is 0 Å². The quantitative estimate of drug-likeness (QED) is 0.859. The van der Waals surface area contributed by atoms with Gasteiger partial charge in [0.05, 0.1) is 5.60 Å². The molecule has 1 amide bonds. The third kappa shape index (κ3) is 3.14. The van der Waals surface area contributed by atoms with Crippen LogP contribution in [-0.4, -0.2) is 40.7 Å². The number of nitrogens with one attached hydrogen (secondary N) is 1. The van der Waals surface area contributed by atoms with Crippen LogP contribution in [0.3, 0.4) is 0 Å². The Morgan fingerprint density at radius 1 is 1.15 bits per heavy atom. The molecule has 4 bridgehead atoms. The number of hydrogen-bond acceptors (Lipinski definition) is 4. The average Bonchev–Trinajstić information content (AvgIpc) is 2.64. The number of aliphatic hydroxyl groups is 1. The fourth-order valence-electron chi connectivity index (χ4n) is 6.51. The lowest BCUT2D eigenvalue weighted by atomic mass is 9.52. The third-order valence-corrected chi connectivity index (χ3v) is 7.50. The molecule has 146 valence electrons. The van der Waals surface area contributed by atoms with Crippen LogP contribution in [0.1, 0.15) is 67.4 Å². The third-order valence-electron chi connectivity index (χ3n) is 7.50. The Morgan fingerprint density at radius 3 is 2.52 bits per heavy atom. The Balaban J connectivity index is 1.33. The molecule has 6 rings (SSSR count). The van der Waals surface area contributed by atoms with Gasteiger partial charge in [-0.1, -0.05) is 6.07 Å². The second-order valence-electron chi connectivity index (χ2n) is 9.58. The molecule has 1 aromatic rings. The van der Waals surface area contributed by atoms with Gasteiger partial charge in [-0.3, -0.25) is 4.79 Å². The van der Waals surface area contributed by atoms with Crippen molar-refractivity contribution in [1.29, 1.82) is 0 Å². The van der Waals surface area contributed by atoms with Crippen molar-refractivity contribution in [2.45, 2.75) is 69.9 Å². The Labute approximate surface area is 161 Å². The fourth-order valence-corrected chi connectivity index (χ4v) is 6.51. The predicted octanol–water partition coefficient (Wildman–Crippen LogP) is 3.05. The van der Waals surface area contributed by atoms with Crippen LogP contribution >= 0.6 is 0 Å². The minimum Gasteiger partial charge on any atom is -0.390 e. The van der Waals surface area contributed by atoms with Crippen LogP contribution in [0.2, 0.25) is 0 Å². The monoisotopic (exact) mass is 369 g/mol. The smallest absolute Gasteiger partial charge is 0.270 e. The second kappa shape index (κ2) is 6.47. The van der Waals surface area contributed by atoms with Gasteiger partial charge in [-0.25, -0.2) is 4.98 Å². The van der Waals surface area contributed by atoms with Crippen LogP contribution in [0.25, 0.3) is 0 Å². The first-order valence-electron chi connectivity index (χ1n) is 10.8. The van der Waals surface area contributed by atoms with E-state index in [2.05, 4.69) is 17.1 Å². The van der Waals surface area contributed by atoms with E-state index in [1.54, 1.807) is 0 Å². The van der Waals surface area contributed by atoms with Gasteiger partial charge in [0.25, 0.3) is 5.91 Å². The van der Waals surface area contributed by atoms with Gasteiger partial charge in [-0.15, -0.1) is 0 Å². The molecule has 2 atom stereocenters. The van der Waals surface area contributed by atoms with Gasteiger partial charge in [0.15, 0.2) is 0 Å². The fraction of sp³-hybridized carbons (Fsp3) is 0.727. The highest BCUT2D eigenvalue weighted by Gasteiger charge is 2.55. The minimum absolute atomic E-state index is 0.0438. The largest absolute Gasteiger partial charge is 0.390 e. The number of amides is 1. The lowest BCUT2D eigenvalue weighted by Gasteiger charge is -2.58. The van der Waals surface area contributed by atoms with Crippen molar-refractivity contribution in [1.82, 2.24) is 10.3 Å². The lowest BCUT2D eigenvalue weighted by Crippen LogP contribution is -2.61. The van der Waals surface area contributed by atoms with Crippen molar-refractivity contribution in [3.05, 3.63) is 23.4 Å². The molecule has 5 fully saturated rings. The molecular weight excluding hydrogens is 338 g/mol. The van der Waals surface area contributed by atoms with E-state index in [1.807, 2.05) is 12.1 Å². The molecule has 4 saturated carbocycles. The number of aromatic nitrogens is 1. The number of pyridine rings is 1. The number of piperidine rings is 1. The van der Waals surface area contributed by atoms with E-state index in [4.69, 9.17) is 4.98 Å². The summed E-state index contributed by atoms with van der Waals surface area (Å²) in [6, 6.07) is 4.10. The molecule has 4 aliphatic carbocycles. The number of rotatable bonds is 3. The zero-order valence-corrected chi connectivity index (χ0v) is 16.3. The molecule has 5 heteroatoms. The number of anilines is 1. The normalized spacial score (nSPS) is 37.5. The van der Waals surface area contributed by atoms with Crippen LogP contribution in [0.4, 0.5) is 5.82 Å². The number of carbonyl (C=O) groups excluding carboxylic acids is 1. The highest BCUT2D eigenvalue weighted by Crippen LogP contribution is 2.55. The van der Waals surface area contributed by atoms with Crippen LogP contribution in [0.5, 0.6) is 0 Å². The first kappa shape index (κ1) is 17.5. The van der Waals surface area contributed by atoms with Crippen molar-refractivity contribution in [2.75, 3.05) is 18.0 Å². The molecule has 1 aliphatic heterocycles. The van der Waals surface area contributed by atoms with E-state index < -0.39 is 5.60 Å². The van der Waals surface area contributed by atoms with Gasteiger partial charge >= 0.3 is 0 Å². The molecule has 2 N–H and O–H groups in total. The topological polar surface area (TPSA) is 65.5 Å². The van der Waals surface area contributed by atoms with E-state index in [0.717, 1.165) is 56.6 Å². The first-order valence-corrected chi connectivity index (χ1v) is 10.8. The van der Waals surface area contributed by atoms with E-state index in [-0.39, 0.29) is 11.9 Å². The molecule has 5 aliphatic rings. The van der Waals surface area contributed by atoms with Gasteiger partial charge in [0.1, 0.15) is 11.5 Å². The van der Waals surface area contributed by atoms with Crippen molar-refractivity contribution in [2.24, 2.45) is 17.8 Å². The number of aryl methyl sites for hydroxylation is 1. The summed E-state index contributed by atoms with van der Waals surface area (Å²) in [6.07, 6.45) is 8.68. The Kier molecular flexibility index (Phi) is 4.19. The summed E-state index contributed by atoms with van der Waals surface area (Å²) in [5, 5.41) is 14.1. The molecule has 27 heavy (non-hydrogen) atoms. The number of nitrogens with zero attached hydrogens (tertiary/aromatic N) is 2. The van der Waals surface area contributed by atoms with Crippen LogP contribution in [0, 0.1) is 24.7 Å². The summed E-state index contributed by atoms with van der Waals surface area (Å²) in [7, 11) is 0. The summed E-state index contributed by atoms with van der Waals surface area (Å²) in [4.78, 5) is 20.1. The molecule has 2 unspecified atom stereocenters. The van der Waals surface area contributed by atoms with Gasteiger partial charge in [0, 0.05) is 19.1 Å². The maximum absolute atomic E-state index is 13.0. The van der Waals surface area contributed by atoms with Gasteiger partial charge in [0.2, 0.25) is 0 Å². The second-order valence-corrected chi connectivity index (χ2v) is 9.58. The molecular formula is C22H31N3O2. The van der Waals surface area contributed by atoms with Crippen molar-refractivity contribution < 1.29 is 9.90 Å². The summed E-state index contributed by atoms with van der Waals surface area (Å²) >= 11 is 0. The molecule has 2 heterocycles.